The molecule has 0 saturated heterocycles. The maximum absolute atomic E-state index is 12.9. The quantitative estimate of drug-likeness (QED) is 0.307. The minimum atomic E-state index is -0.481. The average Bonchev–Trinajstić information content (AvgIpc) is 2.82. The van der Waals surface area contributed by atoms with Gasteiger partial charge in [0.15, 0.2) is 0 Å². The first-order valence-corrected chi connectivity index (χ1v) is 10.2. The number of hydrogen-bond donors (Lipinski definition) is 2. The highest BCUT2D eigenvalue weighted by atomic mass is 16.6. The predicted molar refractivity (Wildman–Crippen MR) is 129 cm³/mol. The van der Waals surface area contributed by atoms with Gasteiger partial charge in [-0.05, 0) is 47.5 Å². The van der Waals surface area contributed by atoms with E-state index in [0.717, 1.165) is 11.3 Å². The molecule has 0 aliphatic carbocycles. The van der Waals surface area contributed by atoms with Crippen molar-refractivity contribution in [1.82, 2.24) is 5.32 Å². The molecule has 0 aliphatic rings. The van der Waals surface area contributed by atoms with Crippen molar-refractivity contribution in [2.45, 2.75) is 6.54 Å². The zero-order valence-corrected chi connectivity index (χ0v) is 18.3. The smallest absolute Gasteiger partial charge is 0.269 e. The molecule has 0 aromatic heterocycles. The van der Waals surface area contributed by atoms with Gasteiger partial charge in [0.25, 0.3) is 11.6 Å². The standard InChI is InChI=1S/C25H24N4O4/c1-28(2)23-14-11-20(16-22(23)25(31)26-17-19-6-4-3-5-7-19)27-24(30)15-10-18-8-12-21(13-9-18)29(32)33/h3-16H,17H2,1-2H3,(H,26,31)(H,27,30). The Labute approximate surface area is 191 Å². The Kier molecular flexibility index (Phi) is 7.54. The van der Waals surface area contributed by atoms with Gasteiger partial charge in [-0.1, -0.05) is 30.3 Å². The second-order valence-corrected chi connectivity index (χ2v) is 7.47. The van der Waals surface area contributed by atoms with Crippen LogP contribution in [0.5, 0.6) is 0 Å². The number of nitrogens with zero attached hydrogens (tertiary/aromatic N) is 2. The second kappa shape index (κ2) is 10.7. The molecule has 0 bridgehead atoms. The van der Waals surface area contributed by atoms with Crippen molar-refractivity contribution in [2.75, 3.05) is 24.3 Å². The molecule has 0 aliphatic heterocycles. The summed E-state index contributed by atoms with van der Waals surface area (Å²) >= 11 is 0. The van der Waals surface area contributed by atoms with E-state index in [9.17, 15) is 19.7 Å². The largest absolute Gasteiger partial charge is 0.377 e. The Bertz CT molecular complexity index is 1170. The van der Waals surface area contributed by atoms with E-state index in [2.05, 4.69) is 10.6 Å². The first kappa shape index (κ1) is 23.2. The third-order valence-electron chi connectivity index (χ3n) is 4.82. The number of anilines is 2. The van der Waals surface area contributed by atoms with Crippen molar-refractivity contribution >= 4 is 35.0 Å². The minimum absolute atomic E-state index is 0.0179. The summed E-state index contributed by atoms with van der Waals surface area (Å²) in [4.78, 5) is 37.3. The van der Waals surface area contributed by atoms with E-state index < -0.39 is 4.92 Å². The predicted octanol–water partition coefficient (Wildman–Crippen LogP) is 4.24. The van der Waals surface area contributed by atoms with Gasteiger partial charge in [-0.15, -0.1) is 0 Å². The third-order valence-corrected chi connectivity index (χ3v) is 4.82. The molecule has 3 aromatic carbocycles. The number of carbonyl (C=O) groups excluding carboxylic acids is 2. The van der Waals surface area contributed by atoms with Crippen molar-refractivity contribution in [3.8, 4) is 0 Å². The van der Waals surface area contributed by atoms with Gasteiger partial charge in [0.05, 0.1) is 10.5 Å². The van der Waals surface area contributed by atoms with Crippen molar-refractivity contribution in [1.29, 1.82) is 0 Å². The van der Waals surface area contributed by atoms with Crippen LogP contribution in [0.4, 0.5) is 17.1 Å². The number of hydrogen-bond acceptors (Lipinski definition) is 5. The minimum Gasteiger partial charge on any atom is -0.377 e. The fourth-order valence-corrected chi connectivity index (χ4v) is 3.12. The summed E-state index contributed by atoms with van der Waals surface area (Å²) in [5.41, 5.74) is 3.25. The second-order valence-electron chi connectivity index (χ2n) is 7.47. The molecule has 33 heavy (non-hydrogen) atoms. The molecule has 8 nitrogen and oxygen atoms in total. The number of nitrogens with one attached hydrogen (secondary N) is 2. The van der Waals surface area contributed by atoms with Crippen LogP contribution >= 0.6 is 0 Å². The fraction of sp³-hybridized carbons (Fsp3) is 0.120. The van der Waals surface area contributed by atoms with Gasteiger partial charge < -0.3 is 15.5 Å². The van der Waals surface area contributed by atoms with Crippen molar-refractivity contribution in [2.24, 2.45) is 0 Å². The van der Waals surface area contributed by atoms with Crippen molar-refractivity contribution in [3.63, 3.8) is 0 Å². The van der Waals surface area contributed by atoms with Crippen LogP contribution in [0.1, 0.15) is 21.5 Å². The van der Waals surface area contributed by atoms with E-state index in [1.54, 1.807) is 36.4 Å². The number of non-ortho nitro benzene ring substituents is 1. The van der Waals surface area contributed by atoms with Crippen LogP contribution in [0.3, 0.4) is 0 Å². The Morgan fingerprint density at radius 1 is 1.00 bits per heavy atom. The Hall–Kier alpha value is -4.46. The first-order valence-electron chi connectivity index (χ1n) is 10.2. The lowest BCUT2D eigenvalue weighted by Crippen LogP contribution is -2.25. The zero-order valence-electron chi connectivity index (χ0n) is 18.3. The average molecular weight is 444 g/mol. The van der Waals surface area contributed by atoms with E-state index in [-0.39, 0.29) is 17.5 Å². The summed E-state index contributed by atoms with van der Waals surface area (Å²) in [5.74, 6) is -0.637. The molecule has 0 radical (unpaired) electrons. The van der Waals surface area contributed by atoms with Crippen molar-refractivity contribution in [3.05, 3.63) is 106 Å². The third kappa shape index (κ3) is 6.51. The monoisotopic (exact) mass is 444 g/mol. The number of benzene rings is 3. The maximum atomic E-state index is 12.9. The van der Waals surface area contributed by atoms with Crippen LogP contribution in [0, 0.1) is 10.1 Å². The molecule has 0 unspecified atom stereocenters. The molecular formula is C25H24N4O4. The van der Waals surface area contributed by atoms with Crippen LogP contribution in [0.2, 0.25) is 0 Å². The molecule has 2 amide bonds. The lowest BCUT2D eigenvalue weighted by molar-refractivity contribution is -0.384. The highest BCUT2D eigenvalue weighted by Crippen LogP contribution is 2.23. The lowest BCUT2D eigenvalue weighted by Gasteiger charge is -2.18. The van der Waals surface area contributed by atoms with Gasteiger partial charge in [-0.3, -0.25) is 19.7 Å². The molecule has 3 aromatic rings. The topological polar surface area (TPSA) is 105 Å². The van der Waals surface area contributed by atoms with E-state index in [1.807, 2.05) is 49.3 Å². The number of carbonyl (C=O) groups is 2. The number of rotatable bonds is 8. The fourth-order valence-electron chi connectivity index (χ4n) is 3.12. The van der Waals surface area contributed by atoms with Gasteiger partial charge in [-0.2, -0.15) is 0 Å². The van der Waals surface area contributed by atoms with Gasteiger partial charge >= 0.3 is 0 Å². The molecule has 0 heterocycles. The Balaban J connectivity index is 1.70. The molecule has 0 atom stereocenters. The molecule has 8 heteroatoms. The van der Waals surface area contributed by atoms with E-state index in [0.29, 0.717) is 23.4 Å². The zero-order chi connectivity index (χ0) is 23.8. The Morgan fingerprint density at radius 3 is 2.33 bits per heavy atom. The maximum Gasteiger partial charge on any atom is 0.269 e. The van der Waals surface area contributed by atoms with Crippen LogP contribution in [-0.2, 0) is 11.3 Å². The lowest BCUT2D eigenvalue weighted by atomic mass is 10.1. The molecular weight excluding hydrogens is 420 g/mol. The van der Waals surface area contributed by atoms with Gasteiger partial charge in [0.1, 0.15) is 0 Å². The van der Waals surface area contributed by atoms with Crippen molar-refractivity contribution < 1.29 is 14.5 Å². The highest BCUT2D eigenvalue weighted by molar-refractivity contribution is 6.05. The Morgan fingerprint density at radius 2 is 1.70 bits per heavy atom. The summed E-state index contributed by atoms with van der Waals surface area (Å²) in [5, 5.41) is 16.4. The van der Waals surface area contributed by atoms with Crippen LogP contribution in [-0.4, -0.2) is 30.8 Å². The molecule has 0 fully saturated rings. The molecule has 0 saturated carbocycles. The molecule has 3 rings (SSSR count). The summed E-state index contributed by atoms with van der Waals surface area (Å²) in [6.07, 6.45) is 2.89. The summed E-state index contributed by atoms with van der Waals surface area (Å²) in [6, 6.07) is 20.6. The number of nitro groups is 1. The van der Waals surface area contributed by atoms with E-state index >= 15 is 0 Å². The van der Waals surface area contributed by atoms with Gasteiger partial charge in [0, 0.05) is 50.2 Å². The normalized spacial score (nSPS) is 10.6. The van der Waals surface area contributed by atoms with Gasteiger partial charge in [-0.25, -0.2) is 0 Å². The van der Waals surface area contributed by atoms with Crippen LogP contribution < -0.4 is 15.5 Å². The highest BCUT2D eigenvalue weighted by Gasteiger charge is 2.14. The molecule has 0 spiro atoms. The summed E-state index contributed by atoms with van der Waals surface area (Å²) in [6.45, 7) is 0.390. The van der Waals surface area contributed by atoms with E-state index in [1.165, 1.54) is 18.2 Å². The number of amides is 2. The molecule has 2 N–H and O–H groups in total. The first-order chi connectivity index (χ1) is 15.8. The van der Waals surface area contributed by atoms with Crippen LogP contribution in [0.15, 0.2) is 78.9 Å². The summed E-state index contributed by atoms with van der Waals surface area (Å²) in [7, 11) is 3.68. The SMILES string of the molecule is CN(C)c1ccc(NC(=O)C=Cc2ccc([N+](=O)[O-])cc2)cc1C(=O)NCc1ccccc1. The van der Waals surface area contributed by atoms with E-state index in [4.69, 9.17) is 0 Å². The van der Waals surface area contributed by atoms with Crippen LogP contribution in [0.25, 0.3) is 6.08 Å². The number of nitro benzene ring substituents is 1. The molecule has 168 valence electrons. The van der Waals surface area contributed by atoms with Gasteiger partial charge in [0.2, 0.25) is 5.91 Å². The summed E-state index contributed by atoms with van der Waals surface area (Å²) < 4.78 is 0.